The Kier molecular flexibility index (Phi) is 2.44. The third-order valence-electron chi connectivity index (χ3n) is 3.66. The van der Waals surface area contributed by atoms with E-state index in [1.165, 1.54) is 5.56 Å². The van der Waals surface area contributed by atoms with Crippen LogP contribution in [-0.2, 0) is 11.3 Å². The molecule has 0 saturated heterocycles. The summed E-state index contributed by atoms with van der Waals surface area (Å²) < 4.78 is 0. The molecule has 3 rings (SSSR count). The quantitative estimate of drug-likeness (QED) is 0.855. The number of benzene rings is 1. The van der Waals surface area contributed by atoms with E-state index in [-0.39, 0.29) is 5.91 Å². The smallest absolute Gasteiger partial charge is 0.243 e. The van der Waals surface area contributed by atoms with Crippen molar-refractivity contribution in [3.63, 3.8) is 0 Å². The van der Waals surface area contributed by atoms with Gasteiger partial charge in [-0.3, -0.25) is 4.79 Å². The minimum Gasteiger partial charge on any atom is -0.334 e. The van der Waals surface area contributed by atoms with E-state index in [0.29, 0.717) is 12.6 Å². The SMILES string of the molecule is NC1(C(=O)N(Cc2ccccc2)C2CC2)CC1. The number of hydrogen-bond donors (Lipinski definition) is 1. The van der Waals surface area contributed by atoms with E-state index in [0.717, 1.165) is 25.7 Å². The Morgan fingerprint density at radius 2 is 1.94 bits per heavy atom. The fourth-order valence-corrected chi connectivity index (χ4v) is 2.17. The first-order valence-corrected chi connectivity index (χ1v) is 6.33. The number of amides is 1. The Labute approximate surface area is 102 Å². The molecule has 0 heterocycles. The molecule has 0 aliphatic heterocycles. The second kappa shape index (κ2) is 3.84. The van der Waals surface area contributed by atoms with Gasteiger partial charge in [0.2, 0.25) is 5.91 Å². The van der Waals surface area contributed by atoms with Gasteiger partial charge in [0.15, 0.2) is 0 Å². The molecule has 0 bridgehead atoms. The van der Waals surface area contributed by atoms with Gasteiger partial charge in [-0.2, -0.15) is 0 Å². The fraction of sp³-hybridized carbons (Fsp3) is 0.500. The van der Waals surface area contributed by atoms with Gasteiger partial charge in [0.05, 0.1) is 5.54 Å². The van der Waals surface area contributed by atoms with Crippen LogP contribution in [0.5, 0.6) is 0 Å². The monoisotopic (exact) mass is 230 g/mol. The summed E-state index contributed by atoms with van der Waals surface area (Å²) in [6, 6.07) is 10.6. The summed E-state index contributed by atoms with van der Waals surface area (Å²) >= 11 is 0. The van der Waals surface area contributed by atoms with Crippen LogP contribution < -0.4 is 5.73 Å². The van der Waals surface area contributed by atoms with Crippen molar-refractivity contribution in [3.05, 3.63) is 35.9 Å². The van der Waals surface area contributed by atoms with Crippen LogP contribution in [0.25, 0.3) is 0 Å². The lowest BCUT2D eigenvalue weighted by Crippen LogP contribution is -2.46. The Morgan fingerprint density at radius 3 is 2.47 bits per heavy atom. The van der Waals surface area contributed by atoms with Gasteiger partial charge < -0.3 is 10.6 Å². The van der Waals surface area contributed by atoms with Crippen LogP contribution in [0.4, 0.5) is 0 Å². The molecule has 17 heavy (non-hydrogen) atoms. The van der Waals surface area contributed by atoms with E-state index in [4.69, 9.17) is 5.73 Å². The summed E-state index contributed by atoms with van der Waals surface area (Å²) in [5.41, 5.74) is 6.68. The summed E-state index contributed by atoms with van der Waals surface area (Å²) in [7, 11) is 0. The topological polar surface area (TPSA) is 46.3 Å². The predicted molar refractivity (Wildman–Crippen MR) is 66.2 cm³/mol. The zero-order chi connectivity index (χ0) is 11.9. The van der Waals surface area contributed by atoms with Gasteiger partial charge in [-0.05, 0) is 31.2 Å². The van der Waals surface area contributed by atoms with Crippen molar-refractivity contribution in [2.45, 2.75) is 43.8 Å². The molecule has 0 atom stereocenters. The maximum absolute atomic E-state index is 12.3. The number of nitrogens with zero attached hydrogens (tertiary/aromatic N) is 1. The molecule has 90 valence electrons. The molecular formula is C14H18N2O. The van der Waals surface area contributed by atoms with Crippen molar-refractivity contribution in [1.29, 1.82) is 0 Å². The van der Waals surface area contributed by atoms with Crippen LogP contribution in [0.2, 0.25) is 0 Å². The third-order valence-corrected chi connectivity index (χ3v) is 3.66. The summed E-state index contributed by atoms with van der Waals surface area (Å²) in [6.45, 7) is 0.712. The van der Waals surface area contributed by atoms with Gasteiger partial charge in [-0.25, -0.2) is 0 Å². The second-order valence-corrected chi connectivity index (χ2v) is 5.31. The zero-order valence-corrected chi connectivity index (χ0v) is 9.93. The van der Waals surface area contributed by atoms with E-state index in [1.807, 2.05) is 23.1 Å². The first-order chi connectivity index (χ1) is 8.19. The Bertz CT molecular complexity index is 421. The molecular weight excluding hydrogens is 212 g/mol. The lowest BCUT2D eigenvalue weighted by Gasteiger charge is -2.25. The Balaban J connectivity index is 1.74. The fourth-order valence-electron chi connectivity index (χ4n) is 2.17. The molecule has 1 aromatic rings. The molecule has 2 aliphatic rings. The Morgan fingerprint density at radius 1 is 1.29 bits per heavy atom. The third kappa shape index (κ3) is 2.20. The molecule has 1 aromatic carbocycles. The van der Waals surface area contributed by atoms with E-state index in [1.54, 1.807) is 0 Å². The average Bonchev–Trinajstić information content (AvgIpc) is 3.22. The summed E-state index contributed by atoms with van der Waals surface area (Å²) in [5.74, 6) is 0.156. The lowest BCUT2D eigenvalue weighted by atomic mass is 10.1. The van der Waals surface area contributed by atoms with Crippen LogP contribution in [0, 0.1) is 0 Å². The summed E-state index contributed by atoms with van der Waals surface area (Å²) in [4.78, 5) is 14.3. The summed E-state index contributed by atoms with van der Waals surface area (Å²) in [6.07, 6.45) is 3.97. The van der Waals surface area contributed by atoms with Crippen molar-refractivity contribution < 1.29 is 4.79 Å². The molecule has 0 radical (unpaired) electrons. The highest BCUT2D eigenvalue weighted by Crippen LogP contribution is 2.38. The normalized spacial score (nSPS) is 21.0. The number of rotatable bonds is 4. The summed E-state index contributed by atoms with van der Waals surface area (Å²) in [5, 5.41) is 0. The second-order valence-electron chi connectivity index (χ2n) is 5.31. The molecule has 2 N–H and O–H groups in total. The first kappa shape index (κ1) is 10.8. The van der Waals surface area contributed by atoms with Crippen molar-refractivity contribution in [3.8, 4) is 0 Å². The van der Waals surface area contributed by atoms with Gasteiger partial charge in [-0.1, -0.05) is 30.3 Å². The van der Waals surface area contributed by atoms with Gasteiger partial charge in [0.1, 0.15) is 0 Å². The molecule has 3 heteroatoms. The van der Waals surface area contributed by atoms with Crippen molar-refractivity contribution >= 4 is 5.91 Å². The van der Waals surface area contributed by atoms with Crippen LogP contribution in [0.1, 0.15) is 31.2 Å². The minimum absolute atomic E-state index is 0.156. The van der Waals surface area contributed by atoms with Gasteiger partial charge in [-0.15, -0.1) is 0 Å². The van der Waals surface area contributed by atoms with Gasteiger partial charge >= 0.3 is 0 Å². The largest absolute Gasteiger partial charge is 0.334 e. The van der Waals surface area contributed by atoms with E-state index < -0.39 is 5.54 Å². The standard InChI is InChI=1S/C14H18N2O/c15-14(8-9-14)13(17)16(12-6-7-12)10-11-4-2-1-3-5-11/h1-5,12H,6-10,15H2. The van der Waals surface area contributed by atoms with E-state index >= 15 is 0 Å². The molecule has 1 amide bonds. The van der Waals surface area contributed by atoms with E-state index in [9.17, 15) is 4.79 Å². The van der Waals surface area contributed by atoms with E-state index in [2.05, 4.69) is 12.1 Å². The molecule has 2 saturated carbocycles. The van der Waals surface area contributed by atoms with Crippen molar-refractivity contribution in [2.75, 3.05) is 0 Å². The van der Waals surface area contributed by atoms with Gasteiger partial charge in [0.25, 0.3) is 0 Å². The van der Waals surface area contributed by atoms with Crippen LogP contribution in [0.15, 0.2) is 30.3 Å². The van der Waals surface area contributed by atoms with Crippen molar-refractivity contribution in [2.24, 2.45) is 5.73 Å². The average molecular weight is 230 g/mol. The molecule has 0 aromatic heterocycles. The zero-order valence-electron chi connectivity index (χ0n) is 9.93. The number of carbonyl (C=O) groups is 1. The number of nitrogens with two attached hydrogens (primary N) is 1. The molecule has 3 nitrogen and oxygen atoms in total. The van der Waals surface area contributed by atoms with Crippen LogP contribution >= 0.6 is 0 Å². The number of hydrogen-bond acceptors (Lipinski definition) is 2. The Hall–Kier alpha value is -1.35. The molecule has 0 spiro atoms. The first-order valence-electron chi connectivity index (χ1n) is 6.33. The maximum atomic E-state index is 12.3. The van der Waals surface area contributed by atoms with Gasteiger partial charge in [0, 0.05) is 12.6 Å². The highest BCUT2D eigenvalue weighted by molar-refractivity contribution is 5.89. The highest BCUT2D eigenvalue weighted by atomic mass is 16.2. The van der Waals surface area contributed by atoms with Crippen LogP contribution in [-0.4, -0.2) is 22.4 Å². The highest BCUT2D eigenvalue weighted by Gasteiger charge is 2.50. The minimum atomic E-state index is -0.530. The molecule has 2 fully saturated rings. The molecule has 2 aliphatic carbocycles. The molecule has 0 unspecified atom stereocenters. The van der Waals surface area contributed by atoms with Crippen LogP contribution in [0.3, 0.4) is 0 Å². The maximum Gasteiger partial charge on any atom is 0.243 e. The van der Waals surface area contributed by atoms with Crippen molar-refractivity contribution in [1.82, 2.24) is 4.90 Å². The predicted octanol–water partition coefficient (Wildman–Crippen LogP) is 1.67. The lowest BCUT2D eigenvalue weighted by molar-refractivity contribution is -0.134. The number of carbonyl (C=O) groups excluding carboxylic acids is 1.